The third-order valence-electron chi connectivity index (χ3n) is 4.28. The van der Waals surface area contributed by atoms with Gasteiger partial charge in [0.15, 0.2) is 0 Å². The Morgan fingerprint density at radius 1 is 1.26 bits per heavy atom. The summed E-state index contributed by atoms with van der Waals surface area (Å²) in [4.78, 5) is 38.3. The molecule has 1 aliphatic heterocycles. The van der Waals surface area contributed by atoms with Gasteiger partial charge in [0.25, 0.3) is 5.91 Å². The number of hydrogen-bond donors (Lipinski definition) is 2. The molecule has 3 rings (SSSR count). The Hall–Kier alpha value is -3.18. The van der Waals surface area contributed by atoms with Gasteiger partial charge < -0.3 is 10.6 Å². The summed E-state index contributed by atoms with van der Waals surface area (Å²) in [5, 5.41) is 14.1. The molecule has 1 unspecified atom stereocenters. The van der Waals surface area contributed by atoms with Gasteiger partial charge in [-0.3, -0.25) is 14.5 Å². The van der Waals surface area contributed by atoms with E-state index in [-0.39, 0.29) is 0 Å². The van der Waals surface area contributed by atoms with Crippen molar-refractivity contribution < 1.29 is 14.4 Å². The number of anilines is 1. The average molecular weight is 427 g/mol. The second kappa shape index (κ2) is 7.21. The van der Waals surface area contributed by atoms with Crippen molar-refractivity contribution in [1.29, 1.82) is 5.26 Å². The number of urea groups is 1. The first-order chi connectivity index (χ1) is 12.8. The maximum absolute atomic E-state index is 12.8. The molecule has 1 fully saturated rings. The number of benzene rings is 2. The summed E-state index contributed by atoms with van der Waals surface area (Å²) in [6.45, 7) is 1.20. The van der Waals surface area contributed by atoms with E-state index in [1.54, 1.807) is 49.4 Å². The van der Waals surface area contributed by atoms with Gasteiger partial charge in [-0.15, -0.1) is 0 Å². The highest BCUT2D eigenvalue weighted by Crippen LogP contribution is 2.30. The van der Waals surface area contributed by atoms with E-state index >= 15 is 0 Å². The predicted molar refractivity (Wildman–Crippen MR) is 102 cm³/mol. The van der Waals surface area contributed by atoms with E-state index in [1.165, 1.54) is 0 Å². The first-order valence-corrected chi connectivity index (χ1v) is 8.83. The molecule has 2 aromatic rings. The lowest BCUT2D eigenvalue weighted by Crippen LogP contribution is -2.42. The molecule has 0 radical (unpaired) electrons. The van der Waals surface area contributed by atoms with Crippen LogP contribution < -0.4 is 10.6 Å². The summed E-state index contributed by atoms with van der Waals surface area (Å²) < 4.78 is 0.778. The first kappa shape index (κ1) is 18.6. The molecule has 1 aliphatic rings. The Bertz CT molecular complexity index is 968. The second-order valence-electron chi connectivity index (χ2n) is 6.19. The number of amides is 4. The highest BCUT2D eigenvalue weighted by molar-refractivity contribution is 9.10. The molecule has 4 amide bonds. The lowest BCUT2D eigenvalue weighted by molar-refractivity contribution is -0.133. The summed E-state index contributed by atoms with van der Waals surface area (Å²) in [6, 6.07) is 14.7. The van der Waals surface area contributed by atoms with E-state index < -0.39 is 29.9 Å². The van der Waals surface area contributed by atoms with Gasteiger partial charge in [0.2, 0.25) is 5.91 Å². The molecule has 0 bridgehead atoms. The van der Waals surface area contributed by atoms with Crippen molar-refractivity contribution >= 4 is 39.5 Å². The quantitative estimate of drug-likeness (QED) is 0.733. The number of carbonyl (C=O) groups excluding carboxylic acids is 3. The topological polar surface area (TPSA) is 102 Å². The lowest BCUT2D eigenvalue weighted by Gasteiger charge is -2.22. The summed E-state index contributed by atoms with van der Waals surface area (Å²) >= 11 is 3.35. The molecule has 0 aromatic heterocycles. The Morgan fingerprint density at radius 2 is 1.96 bits per heavy atom. The van der Waals surface area contributed by atoms with E-state index in [9.17, 15) is 14.4 Å². The highest BCUT2D eigenvalue weighted by Gasteiger charge is 2.49. The van der Waals surface area contributed by atoms with E-state index in [0.717, 1.165) is 9.37 Å². The van der Waals surface area contributed by atoms with E-state index in [2.05, 4.69) is 26.6 Å². The molecule has 1 saturated heterocycles. The fourth-order valence-electron chi connectivity index (χ4n) is 2.81. The zero-order valence-electron chi connectivity index (χ0n) is 14.3. The Labute approximate surface area is 164 Å². The van der Waals surface area contributed by atoms with Gasteiger partial charge in [-0.1, -0.05) is 28.1 Å². The number of nitrogens with one attached hydrogen (secondary N) is 2. The molecule has 0 spiro atoms. The number of nitriles is 1. The number of halogens is 1. The number of imide groups is 1. The van der Waals surface area contributed by atoms with Crippen molar-refractivity contribution in [2.75, 3.05) is 11.9 Å². The Kier molecular flexibility index (Phi) is 4.97. The van der Waals surface area contributed by atoms with Crippen LogP contribution in [0.25, 0.3) is 0 Å². The zero-order chi connectivity index (χ0) is 19.6. The number of rotatable bonds is 4. The smallest absolute Gasteiger partial charge is 0.325 e. The van der Waals surface area contributed by atoms with Gasteiger partial charge in [-0.2, -0.15) is 5.26 Å². The molecule has 2 N–H and O–H groups in total. The molecule has 27 heavy (non-hydrogen) atoms. The minimum absolute atomic E-state index is 0.408. The molecular formula is C19H15BrN4O3. The van der Waals surface area contributed by atoms with Crippen molar-refractivity contribution in [3.63, 3.8) is 0 Å². The van der Waals surface area contributed by atoms with Crippen LogP contribution in [0.5, 0.6) is 0 Å². The maximum atomic E-state index is 12.8. The number of nitrogens with zero attached hydrogens (tertiary/aromatic N) is 2. The van der Waals surface area contributed by atoms with E-state index in [4.69, 9.17) is 5.26 Å². The summed E-state index contributed by atoms with van der Waals surface area (Å²) in [6.07, 6.45) is 0. The molecule has 8 heteroatoms. The van der Waals surface area contributed by atoms with Crippen molar-refractivity contribution in [3.8, 4) is 6.07 Å². The van der Waals surface area contributed by atoms with Crippen LogP contribution in [0.1, 0.15) is 18.1 Å². The third-order valence-corrected chi connectivity index (χ3v) is 4.77. The molecule has 7 nitrogen and oxygen atoms in total. The maximum Gasteiger partial charge on any atom is 0.325 e. The van der Waals surface area contributed by atoms with Crippen molar-refractivity contribution in [2.45, 2.75) is 12.5 Å². The van der Waals surface area contributed by atoms with Crippen LogP contribution in [0.4, 0.5) is 10.5 Å². The van der Waals surface area contributed by atoms with Gasteiger partial charge >= 0.3 is 6.03 Å². The minimum Gasteiger partial charge on any atom is -0.325 e. The molecule has 136 valence electrons. The van der Waals surface area contributed by atoms with Crippen LogP contribution in [-0.4, -0.2) is 29.3 Å². The van der Waals surface area contributed by atoms with Gasteiger partial charge in [-0.05, 0) is 48.9 Å². The van der Waals surface area contributed by atoms with Crippen LogP contribution in [0, 0.1) is 11.3 Å². The van der Waals surface area contributed by atoms with Crippen LogP contribution in [0.2, 0.25) is 0 Å². The number of hydrogen-bond acceptors (Lipinski definition) is 4. The fourth-order valence-corrected chi connectivity index (χ4v) is 3.21. The standard InChI is InChI=1S/C19H15BrN4O3/c1-19(13-3-2-4-14(20)9-13)17(26)24(18(27)23-19)11-16(25)22-15-7-5-12(10-21)6-8-15/h2-9H,11H2,1H3,(H,22,25)(H,23,27). The lowest BCUT2D eigenvalue weighted by atomic mass is 9.92. The zero-order valence-corrected chi connectivity index (χ0v) is 15.9. The first-order valence-electron chi connectivity index (χ1n) is 8.03. The van der Waals surface area contributed by atoms with E-state index in [0.29, 0.717) is 16.8 Å². The number of carbonyl (C=O) groups is 3. The van der Waals surface area contributed by atoms with E-state index in [1.807, 2.05) is 12.1 Å². The van der Waals surface area contributed by atoms with Crippen molar-refractivity contribution in [2.24, 2.45) is 0 Å². The van der Waals surface area contributed by atoms with Crippen LogP contribution in [0.3, 0.4) is 0 Å². The third kappa shape index (κ3) is 3.68. The SMILES string of the molecule is CC1(c2cccc(Br)c2)NC(=O)N(CC(=O)Nc2ccc(C#N)cc2)C1=O. The molecule has 0 saturated carbocycles. The molecule has 2 aromatic carbocycles. The summed E-state index contributed by atoms with van der Waals surface area (Å²) in [7, 11) is 0. The highest BCUT2D eigenvalue weighted by atomic mass is 79.9. The monoisotopic (exact) mass is 426 g/mol. The van der Waals surface area contributed by atoms with Gasteiger partial charge in [0.05, 0.1) is 11.6 Å². The van der Waals surface area contributed by atoms with Crippen LogP contribution in [0.15, 0.2) is 53.0 Å². The average Bonchev–Trinajstić information content (AvgIpc) is 2.86. The summed E-state index contributed by atoms with van der Waals surface area (Å²) in [5.41, 5.74) is 0.313. The molecular weight excluding hydrogens is 412 g/mol. The van der Waals surface area contributed by atoms with Gasteiger partial charge in [-0.25, -0.2) is 4.79 Å². The van der Waals surface area contributed by atoms with Gasteiger partial charge in [0.1, 0.15) is 12.1 Å². The Morgan fingerprint density at radius 3 is 2.59 bits per heavy atom. The largest absolute Gasteiger partial charge is 0.325 e. The molecule has 1 atom stereocenters. The Balaban J connectivity index is 1.73. The van der Waals surface area contributed by atoms with Crippen LogP contribution in [-0.2, 0) is 15.1 Å². The molecule has 1 heterocycles. The van der Waals surface area contributed by atoms with Gasteiger partial charge in [0, 0.05) is 10.2 Å². The van der Waals surface area contributed by atoms with Crippen LogP contribution >= 0.6 is 15.9 Å². The predicted octanol–water partition coefficient (Wildman–Crippen LogP) is 2.73. The second-order valence-corrected chi connectivity index (χ2v) is 7.11. The normalized spacial score (nSPS) is 18.8. The van der Waals surface area contributed by atoms with Crippen molar-refractivity contribution in [3.05, 3.63) is 64.1 Å². The molecule has 0 aliphatic carbocycles. The fraction of sp³-hybridized carbons (Fsp3) is 0.158. The van der Waals surface area contributed by atoms with Crippen molar-refractivity contribution in [1.82, 2.24) is 10.2 Å². The minimum atomic E-state index is -1.24. The summed E-state index contributed by atoms with van der Waals surface area (Å²) in [5.74, 6) is -1.01.